The highest BCUT2D eigenvalue weighted by atomic mass is 19.4. The quantitative estimate of drug-likeness (QED) is 0.214. The molecule has 2 heterocycles. The van der Waals surface area contributed by atoms with Gasteiger partial charge in [-0.2, -0.15) is 18.3 Å². The fourth-order valence-corrected chi connectivity index (χ4v) is 5.95. The van der Waals surface area contributed by atoms with Gasteiger partial charge in [-0.3, -0.25) is 9.48 Å². The summed E-state index contributed by atoms with van der Waals surface area (Å²) in [6, 6.07) is 13.5. The van der Waals surface area contributed by atoms with Gasteiger partial charge in [0.1, 0.15) is 0 Å². The van der Waals surface area contributed by atoms with E-state index in [4.69, 9.17) is 4.98 Å². The molecule has 3 amide bonds. The van der Waals surface area contributed by atoms with Gasteiger partial charge < -0.3 is 16.0 Å². The first kappa shape index (κ1) is 28.7. The molecular weight excluding hydrogens is 557 g/mol. The van der Waals surface area contributed by atoms with Crippen LogP contribution in [0.15, 0.2) is 60.8 Å². The Morgan fingerprint density at radius 3 is 2.42 bits per heavy atom. The fourth-order valence-electron chi connectivity index (χ4n) is 5.95. The Bertz CT molecular complexity index is 1690. The largest absolute Gasteiger partial charge is 0.416 e. The lowest BCUT2D eigenvalue weighted by molar-refractivity contribution is -0.137. The second kappa shape index (κ2) is 10.7. The third-order valence-electron chi connectivity index (χ3n) is 8.83. The number of aromatic nitrogens is 3. The molecule has 2 aliphatic carbocycles. The number of amides is 3. The molecule has 224 valence electrons. The zero-order chi connectivity index (χ0) is 30.5. The number of anilines is 2. The maximum atomic E-state index is 13.0. The molecule has 8 nitrogen and oxygen atoms in total. The van der Waals surface area contributed by atoms with Crippen LogP contribution in [-0.2, 0) is 18.0 Å². The first-order valence-corrected chi connectivity index (χ1v) is 14.4. The lowest BCUT2D eigenvalue weighted by Gasteiger charge is -2.52. The van der Waals surface area contributed by atoms with Crippen LogP contribution in [0.4, 0.5) is 29.3 Å². The van der Waals surface area contributed by atoms with Gasteiger partial charge in [-0.05, 0) is 78.1 Å². The number of nitrogens with one attached hydrogen (secondary N) is 3. The standard InChI is InChI=1S/C32H33F3N6O2/c1-31(2)20(15-28(42)37-21-11-12-21)14-26(31)27-16-24(25-17-36-41(3)29(25)40-27)18-7-9-22(10-8-18)38-30(43)39-23-6-4-5-19(13-23)32(33,34)35/h4-10,13,16-17,20-21,26H,11-12,14-15H2,1-3H3,(H,37,42)(H2,38,39,43)/t20-,26+/m0/s1. The van der Waals surface area contributed by atoms with Crippen LogP contribution in [0, 0.1) is 11.3 Å². The third kappa shape index (κ3) is 5.93. The van der Waals surface area contributed by atoms with Gasteiger partial charge in [0.05, 0.1) is 11.8 Å². The van der Waals surface area contributed by atoms with Gasteiger partial charge >= 0.3 is 12.2 Å². The number of nitrogens with zero attached hydrogens (tertiary/aromatic N) is 3. The predicted molar refractivity (Wildman–Crippen MR) is 158 cm³/mol. The number of carbonyl (C=O) groups excluding carboxylic acids is 2. The van der Waals surface area contributed by atoms with Crippen LogP contribution in [0.5, 0.6) is 0 Å². The molecule has 2 saturated carbocycles. The van der Waals surface area contributed by atoms with Gasteiger partial charge in [-0.1, -0.05) is 32.0 Å². The Kier molecular flexibility index (Phi) is 7.14. The van der Waals surface area contributed by atoms with E-state index in [1.165, 1.54) is 12.1 Å². The molecule has 0 unspecified atom stereocenters. The van der Waals surface area contributed by atoms with Gasteiger partial charge in [-0.25, -0.2) is 9.78 Å². The van der Waals surface area contributed by atoms with Gasteiger partial charge in [-0.15, -0.1) is 0 Å². The molecule has 6 rings (SSSR count). The second-order valence-corrected chi connectivity index (χ2v) is 12.2. The fraction of sp³-hybridized carbons (Fsp3) is 0.375. The summed E-state index contributed by atoms with van der Waals surface area (Å²) in [4.78, 5) is 30.0. The molecule has 2 aromatic heterocycles. The summed E-state index contributed by atoms with van der Waals surface area (Å²) >= 11 is 0. The summed E-state index contributed by atoms with van der Waals surface area (Å²) in [6.45, 7) is 4.41. The first-order valence-electron chi connectivity index (χ1n) is 14.4. The Labute approximate surface area is 247 Å². The van der Waals surface area contributed by atoms with Gasteiger partial charge in [0.2, 0.25) is 5.91 Å². The van der Waals surface area contributed by atoms with Crippen molar-refractivity contribution in [3.05, 3.63) is 72.1 Å². The van der Waals surface area contributed by atoms with Crippen molar-refractivity contribution in [1.29, 1.82) is 0 Å². The number of carbonyl (C=O) groups is 2. The lowest BCUT2D eigenvalue weighted by atomic mass is 9.52. The number of urea groups is 1. The zero-order valence-corrected chi connectivity index (χ0v) is 24.1. The number of halogens is 3. The molecule has 0 aliphatic heterocycles. The minimum atomic E-state index is -4.50. The Morgan fingerprint density at radius 2 is 1.74 bits per heavy atom. The first-order chi connectivity index (χ1) is 20.4. The summed E-state index contributed by atoms with van der Waals surface area (Å²) in [5, 5.41) is 13.6. The average Bonchev–Trinajstić information content (AvgIpc) is 3.69. The van der Waals surface area contributed by atoms with Crippen LogP contribution < -0.4 is 16.0 Å². The molecule has 11 heteroatoms. The summed E-state index contributed by atoms with van der Waals surface area (Å²) in [5.41, 5.74) is 3.17. The average molecular weight is 591 g/mol. The molecule has 2 aliphatic rings. The van der Waals surface area contributed by atoms with Crippen LogP contribution in [-0.4, -0.2) is 32.7 Å². The van der Waals surface area contributed by atoms with Crippen LogP contribution in [0.2, 0.25) is 0 Å². The van der Waals surface area contributed by atoms with E-state index >= 15 is 0 Å². The number of alkyl halides is 3. The number of fused-ring (bicyclic) bond motifs is 1. The summed E-state index contributed by atoms with van der Waals surface area (Å²) in [6.07, 6.45) is 0.834. The molecule has 43 heavy (non-hydrogen) atoms. The normalized spacial score (nSPS) is 19.5. The topological polar surface area (TPSA) is 101 Å². The van der Waals surface area contributed by atoms with E-state index in [0.29, 0.717) is 18.2 Å². The number of hydrogen-bond acceptors (Lipinski definition) is 4. The third-order valence-corrected chi connectivity index (χ3v) is 8.83. The van der Waals surface area contributed by atoms with Crippen LogP contribution in [0.25, 0.3) is 22.2 Å². The maximum Gasteiger partial charge on any atom is 0.416 e. The van der Waals surface area contributed by atoms with Crippen molar-refractivity contribution in [2.24, 2.45) is 18.4 Å². The molecule has 2 aromatic carbocycles. The van der Waals surface area contributed by atoms with E-state index in [9.17, 15) is 22.8 Å². The minimum Gasteiger partial charge on any atom is -0.353 e. The number of benzene rings is 2. The Hall–Kier alpha value is -4.41. The number of pyridine rings is 1. The highest BCUT2D eigenvalue weighted by Gasteiger charge is 2.50. The molecule has 0 bridgehead atoms. The monoisotopic (exact) mass is 590 g/mol. The number of rotatable bonds is 7. The molecule has 0 radical (unpaired) electrons. The molecule has 0 spiro atoms. The summed E-state index contributed by atoms with van der Waals surface area (Å²) in [7, 11) is 1.86. The lowest BCUT2D eigenvalue weighted by Crippen LogP contribution is -2.45. The second-order valence-electron chi connectivity index (χ2n) is 12.2. The van der Waals surface area contributed by atoms with E-state index in [2.05, 4.69) is 41.0 Å². The van der Waals surface area contributed by atoms with E-state index in [-0.39, 0.29) is 28.8 Å². The number of aryl methyl sites for hydroxylation is 1. The molecule has 3 N–H and O–H groups in total. The van der Waals surface area contributed by atoms with Gasteiger partial charge in [0.15, 0.2) is 5.65 Å². The Morgan fingerprint density at radius 1 is 1.02 bits per heavy atom. The van der Waals surface area contributed by atoms with Crippen molar-refractivity contribution in [1.82, 2.24) is 20.1 Å². The SMILES string of the molecule is Cn1ncc2c(-c3ccc(NC(=O)Nc4cccc(C(F)(F)F)c4)cc3)cc([C@H]3C[C@@H](CC(=O)NC4CC4)C3(C)C)nc21. The highest BCUT2D eigenvalue weighted by molar-refractivity contribution is 6.00. The van der Waals surface area contributed by atoms with E-state index < -0.39 is 17.8 Å². The smallest absolute Gasteiger partial charge is 0.353 e. The zero-order valence-electron chi connectivity index (χ0n) is 24.1. The molecule has 2 fully saturated rings. The van der Waals surface area contributed by atoms with Crippen molar-refractivity contribution in [3.8, 4) is 11.1 Å². The van der Waals surface area contributed by atoms with Crippen molar-refractivity contribution < 1.29 is 22.8 Å². The van der Waals surface area contributed by atoms with Crippen LogP contribution in [0.1, 0.15) is 56.7 Å². The van der Waals surface area contributed by atoms with Gasteiger partial charge in [0.25, 0.3) is 0 Å². The van der Waals surface area contributed by atoms with E-state index in [0.717, 1.165) is 59.2 Å². The summed E-state index contributed by atoms with van der Waals surface area (Å²) in [5.74, 6) is 0.591. The van der Waals surface area contributed by atoms with Crippen LogP contribution in [0.3, 0.4) is 0 Å². The van der Waals surface area contributed by atoms with Crippen molar-refractivity contribution in [2.45, 2.75) is 57.7 Å². The molecule has 2 atom stereocenters. The number of hydrogen-bond donors (Lipinski definition) is 3. The maximum absolute atomic E-state index is 13.0. The van der Waals surface area contributed by atoms with Crippen molar-refractivity contribution >= 4 is 34.3 Å². The highest BCUT2D eigenvalue weighted by Crippen LogP contribution is 2.58. The van der Waals surface area contributed by atoms with Crippen LogP contribution >= 0.6 is 0 Å². The molecule has 4 aromatic rings. The van der Waals surface area contributed by atoms with Gasteiger partial charge in [0, 0.05) is 47.9 Å². The summed E-state index contributed by atoms with van der Waals surface area (Å²) < 4.78 is 40.8. The van der Waals surface area contributed by atoms with E-state index in [1.54, 1.807) is 23.0 Å². The molecular formula is C32H33F3N6O2. The van der Waals surface area contributed by atoms with Crippen molar-refractivity contribution in [3.63, 3.8) is 0 Å². The van der Waals surface area contributed by atoms with E-state index in [1.807, 2.05) is 19.2 Å². The molecule has 0 saturated heterocycles. The van der Waals surface area contributed by atoms with Crippen molar-refractivity contribution in [2.75, 3.05) is 10.6 Å². The predicted octanol–water partition coefficient (Wildman–Crippen LogP) is 7.10. The Balaban J connectivity index is 1.19. The minimum absolute atomic E-state index is 0.0388.